The second kappa shape index (κ2) is 9.62. The van der Waals surface area contributed by atoms with Gasteiger partial charge in [0.1, 0.15) is 0 Å². The van der Waals surface area contributed by atoms with Crippen LogP contribution in [0.2, 0.25) is 10.0 Å². The van der Waals surface area contributed by atoms with Gasteiger partial charge >= 0.3 is 0 Å². The van der Waals surface area contributed by atoms with Gasteiger partial charge in [-0.2, -0.15) is 5.10 Å². The van der Waals surface area contributed by atoms with Gasteiger partial charge in [0.25, 0.3) is 5.91 Å². The van der Waals surface area contributed by atoms with E-state index in [4.69, 9.17) is 23.2 Å². The number of hydrazone groups is 1. The van der Waals surface area contributed by atoms with Gasteiger partial charge in [-0.1, -0.05) is 48.5 Å². The van der Waals surface area contributed by atoms with E-state index in [9.17, 15) is 4.79 Å². The number of carbonyl (C=O) groups is 1. The van der Waals surface area contributed by atoms with Crippen LogP contribution >= 0.6 is 23.2 Å². The van der Waals surface area contributed by atoms with E-state index in [0.29, 0.717) is 21.0 Å². The Kier molecular flexibility index (Phi) is 6.88. The first-order chi connectivity index (χ1) is 15.0. The molecular weight excluding hydrogens is 429 g/mol. The van der Waals surface area contributed by atoms with Gasteiger partial charge in [0, 0.05) is 24.3 Å². The Balaban J connectivity index is 1.35. The van der Waals surface area contributed by atoms with E-state index >= 15 is 0 Å². The second-order valence-corrected chi connectivity index (χ2v) is 9.73. The summed E-state index contributed by atoms with van der Waals surface area (Å²) in [5, 5.41) is 4.88. The minimum atomic E-state index is -0.325. The minimum Gasteiger partial charge on any atom is -0.371 e. The summed E-state index contributed by atoms with van der Waals surface area (Å²) in [5.41, 5.74) is 6.99. The van der Waals surface area contributed by atoms with Crippen LogP contribution in [0.1, 0.15) is 66.4 Å². The largest absolute Gasteiger partial charge is 0.371 e. The lowest BCUT2D eigenvalue weighted by Crippen LogP contribution is -2.41. The van der Waals surface area contributed by atoms with Crippen molar-refractivity contribution in [3.05, 3.63) is 63.1 Å². The maximum atomic E-state index is 12.2. The average Bonchev–Trinajstić information content (AvgIpc) is 2.78. The molecule has 0 radical (unpaired) electrons. The predicted molar refractivity (Wildman–Crippen MR) is 130 cm³/mol. The van der Waals surface area contributed by atoms with Crippen molar-refractivity contribution in [1.29, 1.82) is 0 Å². The van der Waals surface area contributed by atoms with Crippen LogP contribution in [-0.4, -0.2) is 25.2 Å². The average molecular weight is 458 g/mol. The van der Waals surface area contributed by atoms with E-state index in [1.54, 1.807) is 18.3 Å². The lowest BCUT2D eigenvalue weighted by molar-refractivity contribution is 0.0955. The minimum absolute atomic E-state index is 0.325. The number of benzene rings is 2. The highest BCUT2D eigenvalue weighted by atomic mass is 35.5. The molecule has 31 heavy (non-hydrogen) atoms. The Bertz CT molecular complexity index is 973. The Morgan fingerprint density at radius 3 is 2.42 bits per heavy atom. The topological polar surface area (TPSA) is 44.7 Å². The fraction of sp³-hybridized carbons (Fsp3) is 0.440. The van der Waals surface area contributed by atoms with Crippen LogP contribution < -0.4 is 10.3 Å². The number of rotatable bonds is 4. The van der Waals surface area contributed by atoms with Gasteiger partial charge in [0.15, 0.2) is 0 Å². The Morgan fingerprint density at radius 2 is 1.74 bits per heavy atom. The number of aryl methyl sites for hydroxylation is 1. The zero-order valence-corrected chi connectivity index (χ0v) is 19.5. The van der Waals surface area contributed by atoms with Gasteiger partial charge in [0.2, 0.25) is 0 Å². The summed E-state index contributed by atoms with van der Waals surface area (Å²) >= 11 is 11.9. The Labute approximate surface area is 194 Å². The van der Waals surface area contributed by atoms with Gasteiger partial charge in [0.05, 0.1) is 16.3 Å². The Hall–Kier alpha value is -2.04. The van der Waals surface area contributed by atoms with Crippen molar-refractivity contribution < 1.29 is 4.79 Å². The van der Waals surface area contributed by atoms with Crippen LogP contribution in [0, 0.1) is 12.3 Å². The van der Waals surface area contributed by atoms with Crippen molar-refractivity contribution >= 4 is 41.0 Å². The van der Waals surface area contributed by atoms with E-state index in [2.05, 4.69) is 40.5 Å². The second-order valence-electron chi connectivity index (χ2n) is 8.92. The molecule has 0 unspecified atom stereocenters. The van der Waals surface area contributed by atoms with Crippen molar-refractivity contribution in [3.63, 3.8) is 0 Å². The summed E-state index contributed by atoms with van der Waals surface area (Å²) in [7, 11) is 0. The number of halogens is 2. The van der Waals surface area contributed by atoms with Crippen LogP contribution in [0.15, 0.2) is 41.5 Å². The maximum Gasteiger partial charge on any atom is 0.271 e. The monoisotopic (exact) mass is 457 g/mol. The molecule has 4 rings (SSSR count). The molecule has 1 heterocycles. The third-order valence-corrected chi connectivity index (χ3v) is 7.65. The normalized spacial score (nSPS) is 18.5. The molecule has 1 aliphatic heterocycles. The molecule has 164 valence electrons. The fourth-order valence-electron chi connectivity index (χ4n) is 4.90. The third kappa shape index (κ3) is 5.24. The number of nitrogens with one attached hydrogen (secondary N) is 1. The number of amides is 1. The molecule has 1 spiro atoms. The quantitative estimate of drug-likeness (QED) is 0.414. The number of hydrogen-bond donors (Lipinski definition) is 1. The molecule has 1 saturated heterocycles. The zero-order chi connectivity index (χ0) is 21.8. The Morgan fingerprint density at radius 1 is 1.00 bits per heavy atom. The van der Waals surface area contributed by atoms with Crippen LogP contribution in [0.3, 0.4) is 0 Å². The molecule has 4 nitrogen and oxygen atoms in total. The number of carbonyl (C=O) groups excluding carboxylic acids is 1. The molecule has 0 aromatic heterocycles. The standard InChI is InChI=1S/C25H29Cl2N3O/c1-18-15-21(30-13-11-25(12-14-30)9-3-2-4-10-25)7-5-20(18)17-28-29-24(31)19-6-8-22(26)23(27)16-19/h5-8,15-17H,2-4,9-14H2,1H3,(H,29,31)/b28-17+. The van der Waals surface area contributed by atoms with E-state index in [1.165, 1.54) is 56.7 Å². The number of hydrogen-bond acceptors (Lipinski definition) is 3. The molecule has 1 aliphatic carbocycles. The summed E-state index contributed by atoms with van der Waals surface area (Å²) in [5.74, 6) is -0.325. The summed E-state index contributed by atoms with van der Waals surface area (Å²) in [4.78, 5) is 14.8. The first-order valence-corrected chi connectivity index (χ1v) is 11.9. The number of anilines is 1. The smallest absolute Gasteiger partial charge is 0.271 e. The molecule has 1 amide bonds. The highest BCUT2D eigenvalue weighted by Crippen LogP contribution is 2.45. The predicted octanol–water partition coefficient (Wildman–Crippen LogP) is 6.62. The zero-order valence-electron chi connectivity index (χ0n) is 18.0. The van der Waals surface area contributed by atoms with E-state index in [-0.39, 0.29) is 5.91 Å². The fourth-order valence-corrected chi connectivity index (χ4v) is 5.20. The molecule has 0 bridgehead atoms. The lowest BCUT2D eigenvalue weighted by Gasteiger charge is -2.45. The highest BCUT2D eigenvalue weighted by Gasteiger charge is 2.35. The molecule has 2 fully saturated rings. The van der Waals surface area contributed by atoms with Crippen LogP contribution in [-0.2, 0) is 0 Å². The summed E-state index contributed by atoms with van der Waals surface area (Å²) < 4.78 is 0. The van der Waals surface area contributed by atoms with Gasteiger partial charge < -0.3 is 4.90 Å². The SMILES string of the molecule is Cc1cc(N2CCC3(CCCCC3)CC2)ccc1/C=N/NC(=O)c1ccc(Cl)c(Cl)c1. The lowest BCUT2D eigenvalue weighted by atomic mass is 9.68. The van der Waals surface area contributed by atoms with Crippen molar-refractivity contribution in [3.8, 4) is 0 Å². The van der Waals surface area contributed by atoms with Crippen LogP contribution in [0.25, 0.3) is 0 Å². The van der Waals surface area contributed by atoms with Gasteiger partial charge in [-0.15, -0.1) is 0 Å². The van der Waals surface area contributed by atoms with Crippen molar-refractivity contribution in [1.82, 2.24) is 5.43 Å². The van der Waals surface area contributed by atoms with Crippen molar-refractivity contribution in [2.24, 2.45) is 10.5 Å². The molecule has 1 saturated carbocycles. The molecular formula is C25H29Cl2N3O. The maximum absolute atomic E-state index is 12.2. The van der Waals surface area contributed by atoms with Crippen molar-refractivity contribution in [2.75, 3.05) is 18.0 Å². The van der Waals surface area contributed by atoms with Gasteiger partial charge in [-0.05, 0) is 79.5 Å². The molecule has 2 aromatic rings. The summed E-state index contributed by atoms with van der Waals surface area (Å²) in [6.45, 7) is 4.37. The molecule has 6 heteroatoms. The molecule has 2 aromatic carbocycles. The summed E-state index contributed by atoms with van der Waals surface area (Å²) in [6.07, 6.45) is 11.4. The van der Waals surface area contributed by atoms with E-state index in [0.717, 1.165) is 24.2 Å². The van der Waals surface area contributed by atoms with E-state index < -0.39 is 0 Å². The van der Waals surface area contributed by atoms with Gasteiger partial charge in [-0.3, -0.25) is 4.79 Å². The van der Waals surface area contributed by atoms with Crippen LogP contribution in [0.5, 0.6) is 0 Å². The van der Waals surface area contributed by atoms with Crippen LogP contribution in [0.4, 0.5) is 5.69 Å². The van der Waals surface area contributed by atoms with Crippen molar-refractivity contribution in [2.45, 2.75) is 51.9 Å². The first-order valence-electron chi connectivity index (χ1n) is 11.1. The van der Waals surface area contributed by atoms with E-state index in [1.807, 2.05) is 0 Å². The number of nitrogens with zero attached hydrogens (tertiary/aromatic N) is 2. The third-order valence-electron chi connectivity index (χ3n) is 6.91. The first kappa shape index (κ1) is 22.2. The summed E-state index contributed by atoms with van der Waals surface area (Å²) in [6, 6.07) is 11.2. The molecule has 0 atom stereocenters. The number of piperidine rings is 1. The molecule has 1 N–H and O–H groups in total. The molecule has 2 aliphatic rings. The van der Waals surface area contributed by atoms with Gasteiger partial charge in [-0.25, -0.2) is 5.43 Å². The highest BCUT2D eigenvalue weighted by molar-refractivity contribution is 6.42.